The van der Waals surface area contributed by atoms with Crippen molar-refractivity contribution in [2.45, 2.75) is 9.10 Å². The van der Waals surface area contributed by atoms with Crippen LogP contribution in [0.2, 0.25) is 0 Å². The topological polar surface area (TPSA) is 43.1 Å². The van der Waals surface area contributed by atoms with E-state index in [9.17, 15) is 27.4 Å². The van der Waals surface area contributed by atoms with Gasteiger partial charge in [-0.15, -0.1) is 0 Å². The van der Waals surface area contributed by atoms with E-state index < -0.39 is 7.25 Å². The first-order chi connectivity index (χ1) is 15.2. The predicted octanol–water partition coefficient (Wildman–Crippen LogP) is 8.78. The first-order valence-electron chi connectivity index (χ1n) is 9.09. The molecule has 0 N–H and O–H groups in total. The molecule has 0 saturated heterocycles. The van der Waals surface area contributed by atoms with Gasteiger partial charge in [-0.3, -0.25) is 10.1 Å². The second-order valence-electron chi connectivity index (χ2n) is 6.24. The molecule has 0 aliphatic carbocycles. The second-order valence-corrected chi connectivity index (χ2v) is 9.73. The van der Waals surface area contributed by atoms with E-state index in [1.165, 1.54) is 25.8 Å². The molecule has 0 spiro atoms. The monoisotopic (exact) mass is 495 g/mol. The largest absolute Gasteiger partial charge is 0.673 e. The first-order valence-corrected chi connectivity index (χ1v) is 12.1. The first kappa shape index (κ1) is 23.9. The minimum Gasteiger partial charge on any atom is -0.418 e. The molecule has 0 bridgehead atoms. The summed E-state index contributed by atoms with van der Waals surface area (Å²) in [5.41, 5.74) is 3.72. The zero-order valence-corrected chi connectivity index (χ0v) is 18.6. The fraction of sp³-hybridized carbons (Fsp3) is 0. The van der Waals surface area contributed by atoms with E-state index in [-0.39, 0.29) is 10.6 Å². The third-order valence-electron chi connectivity index (χ3n) is 3.99. The van der Waals surface area contributed by atoms with Gasteiger partial charge in [0.2, 0.25) is 0 Å². The van der Waals surface area contributed by atoms with Gasteiger partial charge in [0.25, 0.3) is 9.90 Å². The second kappa shape index (κ2) is 10.7. The molecule has 0 fully saturated rings. The lowest BCUT2D eigenvalue weighted by molar-refractivity contribution is -0.384. The molecule has 1 aromatic heterocycles. The van der Waals surface area contributed by atoms with E-state index in [1.807, 2.05) is 36.4 Å². The van der Waals surface area contributed by atoms with Crippen molar-refractivity contribution in [1.29, 1.82) is 0 Å². The number of benzene rings is 3. The van der Waals surface area contributed by atoms with Crippen molar-refractivity contribution >= 4 is 45.4 Å². The van der Waals surface area contributed by atoms with Gasteiger partial charge < -0.3 is 17.3 Å². The van der Waals surface area contributed by atoms with Crippen LogP contribution in [0.1, 0.15) is 0 Å². The fourth-order valence-electron chi connectivity index (χ4n) is 2.70. The molecule has 0 saturated carbocycles. The van der Waals surface area contributed by atoms with Gasteiger partial charge in [-0.1, -0.05) is 60.7 Å². The maximum absolute atomic E-state index is 10.9. The number of nitro groups is 1. The van der Waals surface area contributed by atoms with Crippen LogP contribution in [-0.2, 0) is 0 Å². The molecule has 0 aliphatic rings. The Bertz CT molecular complexity index is 1170. The lowest BCUT2D eigenvalue weighted by atomic mass is 10.0. The lowest BCUT2D eigenvalue weighted by Crippen LogP contribution is -2.02. The minimum absolute atomic E-state index is 0.113. The van der Waals surface area contributed by atoms with Crippen molar-refractivity contribution in [2.24, 2.45) is 0 Å². The summed E-state index contributed by atoms with van der Waals surface area (Å²) < 4.78 is 40.2. The van der Waals surface area contributed by atoms with E-state index in [0.717, 1.165) is 4.90 Å². The van der Waals surface area contributed by atoms with Crippen molar-refractivity contribution in [3.05, 3.63) is 95.0 Å². The molecule has 0 radical (unpaired) electrons. The van der Waals surface area contributed by atoms with E-state index >= 15 is 0 Å². The average molecular weight is 495 g/mol. The Labute approximate surface area is 193 Å². The summed E-state index contributed by atoms with van der Waals surface area (Å²) in [5.74, 6) is 0. The van der Waals surface area contributed by atoms with Crippen molar-refractivity contribution in [1.82, 2.24) is 0 Å². The van der Waals surface area contributed by atoms with E-state index in [4.69, 9.17) is 0 Å². The highest BCUT2D eigenvalue weighted by atomic mass is 32.9. The van der Waals surface area contributed by atoms with Gasteiger partial charge in [0.1, 0.15) is 4.88 Å². The molecule has 1 heterocycles. The van der Waals surface area contributed by atoms with Crippen LogP contribution in [-0.4, -0.2) is 12.2 Å². The summed E-state index contributed by atoms with van der Waals surface area (Å²) in [5, 5.41) is 10.9. The Kier molecular flexibility index (Phi) is 8.00. The molecule has 11 heteroatoms. The highest BCUT2D eigenvalue weighted by molar-refractivity contribution is 8.03. The lowest BCUT2D eigenvalue weighted by Gasteiger charge is -2.03. The van der Waals surface area contributed by atoms with Crippen molar-refractivity contribution < 1.29 is 22.2 Å². The third-order valence-corrected chi connectivity index (χ3v) is 8.00. The van der Waals surface area contributed by atoms with Crippen molar-refractivity contribution in [3.63, 3.8) is 0 Å². The van der Waals surface area contributed by atoms with E-state index in [1.54, 1.807) is 44.6 Å². The molecule has 0 atom stereocenters. The van der Waals surface area contributed by atoms with Crippen LogP contribution in [0.3, 0.4) is 0 Å². The van der Waals surface area contributed by atoms with E-state index in [2.05, 4.69) is 36.4 Å². The summed E-state index contributed by atoms with van der Waals surface area (Å²) in [6.07, 6.45) is 0. The number of nitrogens with zero attached hydrogens (tertiary/aromatic N) is 1. The molecule has 4 aromatic rings. The molecule has 164 valence electrons. The highest BCUT2D eigenvalue weighted by Gasteiger charge is 2.27. The quantitative estimate of drug-likeness (QED) is 0.0694. The Morgan fingerprint density at radius 2 is 1.31 bits per heavy atom. The maximum Gasteiger partial charge on any atom is 0.673 e. The Hall–Kier alpha value is -2.76. The standard InChI is InChI=1S/C21H14NO2S3.BF4/c23-22(24)17-11-13-18(14-12-17)25-21-19(15-7-3-1-4-8-15)20(26-27-21)16-9-5-2-6-10-16;2-1(3,4)5/h1-14H;/q+1;-1. The Morgan fingerprint density at radius 3 is 1.81 bits per heavy atom. The molecule has 0 amide bonds. The molecule has 4 rings (SSSR count). The van der Waals surface area contributed by atoms with Crippen LogP contribution < -0.4 is 0 Å². The van der Waals surface area contributed by atoms with Gasteiger partial charge in [-0.05, 0) is 35.0 Å². The normalized spacial score (nSPS) is 10.9. The number of non-ortho nitro benzene ring substituents is 1. The molecule has 3 nitrogen and oxygen atoms in total. The van der Waals surface area contributed by atoms with Crippen LogP contribution in [0.5, 0.6) is 0 Å². The molecule has 0 aliphatic heterocycles. The number of hydrogen-bond donors (Lipinski definition) is 0. The number of halogens is 4. The molecule has 0 unspecified atom stereocenters. The van der Waals surface area contributed by atoms with Gasteiger partial charge >= 0.3 is 17.6 Å². The summed E-state index contributed by atoms with van der Waals surface area (Å²) in [4.78, 5) is 12.7. The zero-order chi connectivity index (χ0) is 23.1. The highest BCUT2D eigenvalue weighted by Crippen LogP contribution is 2.49. The van der Waals surface area contributed by atoms with Crippen LogP contribution >= 0.6 is 32.4 Å². The third kappa shape index (κ3) is 6.88. The summed E-state index contributed by atoms with van der Waals surface area (Å²) in [6, 6.07) is 27.5. The van der Waals surface area contributed by atoms with Gasteiger partial charge in [-0.2, -0.15) is 0 Å². The fourth-order valence-corrected chi connectivity index (χ4v) is 6.94. The van der Waals surface area contributed by atoms with Crippen LogP contribution in [0, 0.1) is 10.1 Å². The smallest absolute Gasteiger partial charge is 0.418 e. The number of hydrogen-bond acceptors (Lipinski definition) is 4. The predicted molar refractivity (Wildman–Crippen MR) is 125 cm³/mol. The molecular formula is C21H14BF4NO2S3. The number of nitro benzene ring substituents is 1. The van der Waals surface area contributed by atoms with Gasteiger partial charge in [0, 0.05) is 17.0 Å². The van der Waals surface area contributed by atoms with Crippen LogP contribution in [0.15, 0.2) is 94.0 Å². The Balaban J connectivity index is 0.000000523. The zero-order valence-electron chi connectivity index (χ0n) is 16.2. The van der Waals surface area contributed by atoms with Crippen LogP contribution in [0.25, 0.3) is 21.6 Å². The maximum atomic E-state index is 10.9. The molecular weight excluding hydrogens is 481 g/mol. The average Bonchev–Trinajstić information content (AvgIpc) is 3.18. The molecule has 3 aromatic carbocycles. The number of rotatable bonds is 5. The van der Waals surface area contributed by atoms with Crippen LogP contribution in [0.4, 0.5) is 23.0 Å². The molecule has 32 heavy (non-hydrogen) atoms. The summed E-state index contributed by atoms with van der Waals surface area (Å²) >= 11 is 1.65. The Morgan fingerprint density at radius 1 is 0.812 bits per heavy atom. The van der Waals surface area contributed by atoms with Crippen molar-refractivity contribution in [2.75, 3.05) is 0 Å². The summed E-state index contributed by atoms with van der Waals surface area (Å²) in [6.45, 7) is 0. The van der Waals surface area contributed by atoms with Gasteiger partial charge in [-0.25, -0.2) is 0 Å². The van der Waals surface area contributed by atoms with Gasteiger partial charge in [0.05, 0.1) is 10.5 Å². The van der Waals surface area contributed by atoms with E-state index in [0.29, 0.717) is 0 Å². The summed E-state index contributed by atoms with van der Waals surface area (Å²) in [7, 11) is -2.49. The minimum atomic E-state index is -6.00. The SMILES string of the molecule is F[B-](F)(F)F.O=[N+]([O-])c1ccc(Sc2[s+]sc(-c3ccccc3)c2-c2ccccc2)cc1. The van der Waals surface area contributed by atoms with Gasteiger partial charge in [0.15, 0.2) is 10.3 Å². The van der Waals surface area contributed by atoms with Crippen molar-refractivity contribution in [3.8, 4) is 21.6 Å².